The van der Waals surface area contributed by atoms with Crippen LogP contribution in [-0.2, 0) is 9.53 Å². The Balaban J connectivity index is 0.00000169. The van der Waals surface area contributed by atoms with E-state index >= 15 is 0 Å². The summed E-state index contributed by atoms with van der Waals surface area (Å²) in [4.78, 5) is 14.8. The molecule has 0 spiro atoms. The Labute approximate surface area is 92.8 Å². The maximum atomic E-state index is 11.0. The van der Waals surface area contributed by atoms with Gasteiger partial charge < -0.3 is 10.5 Å². The van der Waals surface area contributed by atoms with Gasteiger partial charge in [-0.1, -0.05) is 17.7 Å². The predicted molar refractivity (Wildman–Crippen MR) is 55.4 cm³/mol. The summed E-state index contributed by atoms with van der Waals surface area (Å²) in [6, 6.07) is 2.42. The Hall–Kier alpha value is -0.840. The van der Waals surface area contributed by atoms with Gasteiger partial charge in [-0.25, -0.2) is 4.98 Å². The van der Waals surface area contributed by atoms with Crippen molar-refractivity contribution in [1.82, 2.24) is 4.98 Å². The Kier molecular flexibility index (Phi) is 5.45. The van der Waals surface area contributed by atoms with Crippen LogP contribution in [0.2, 0.25) is 5.15 Å². The number of methoxy groups -OCH3 is 1. The average Bonchev–Trinajstić information content (AvgIpc) is 2.16. The lowest BCUT2D eigenvalue weighted by Crippen LogP contribution is -2.23. The molecule has 0 aromatic carbocycles. The van der Waals surface area contributed by atoms with E-state index in [0.29, 0.717) is 5.56 Å². The third-order valence-electron chi connectivity index (χ3n) is 1.58. The molecule has 1 rings (SSSR count). The van der Waals surface area contributed by atoms with Crippen molar-refractivity contribution in [3.05, 3.63) is 29.0 Å². The van der Waals surface area contributed by atoms with Gasteiger partial charge in [0.25, 0.3) is 0 Å². The van der Waals surface area contributed by atoms with Crippen molar-refractivity contribution < 1.29 is 9.53 Å². The molecule has 0 amide bonds. The van der Waals surface area contributed by atoms with Crippen molar-refractivity contribution >= 4 is 30.0 Å². The van der Waals surface area contributed by atoms with Gasteiger partial charge in [-0.15, -0.1) is 12.4 Å². The van der Waals surface area contributed by atoms with Gasteiger partial charge in [0, 0.05) is 11.8 Å². The number of halogens is 2. The summed E-state index contributed by atoms with van der Waals surface area (Å²) in [7, 11) is 1.27. The number of ether oxygens (including phenoxy) is 1. The van der Waals surface area contributed by atoms with Gasteiger partial charge in [-0.2, -0.15) is 0 Å². The summed E-state index contributed by atoms with van der Waals surface area (Å²) in [6.45, 7) is 0. The number of carbonyl (C=O) groups excluding carboxylic acids is 1. The number of nitrogens with zero attached hydrogens (tertiary/aromatic N) is 1. The number of pyridine rings is 1. The average molecular weight is 237 g/mol. The molecular weight excluding hydrogens is 227 g/mol. The van der Waals surface area contributed by atoms with Crippen molar-refractivity contribution in [3.63, 3.8) is 0 Å². The largest absolute Gasteiger partial charge is 0.468 e. The minimum atomic E-state index is -0.869. The summed E-state index contributed by atoms with van der Waals surface area (Å²) in [5.74, 6) is -0.532. The minimum Gasteiger partial charge on any atom is -0.468 e. The molecule has 0 aliphatic rings. The first-order valence-electron chi connectivity index (χ1n) is 3.60. The van der Waals surface area contributed by atoms with Crippen LogP contribution in [0.3, 0.4) is 0 Å². The maximum absolute atomic E-state index is 11.0. The van der Waals surface area contributed by atoms with Crippen LogP contribution in [0.4, 0.5) is 0 Å². The van der Waals surface area contributed by atoms with Crippen LogP contribution in [0.5, 0.6) is 0 Å². The summed E-state index contributed by atoms with van der Waals surface area (Å²) >= 11 is 5.72. The van der Waals surface area contributed by atoms with Crippen LogP contribution in [0, 0.1) is 0 Å². The van der Waals surface area contributed by atoms with Crippen LogP contribution in [-0.4, -0.2) is 18.1 Å². The van der Waals surface area contributed by atoms with Crippen molar-refractivity contribution in [2.24, 2.45) is 5.73 Å². The second-order valence-electron chi connectivity index (χ2n) is 2.38. The van der Waals surface area contributed by atoms with Crippen molar-refractivity contribution in [3.8, 4) is 0 Å². The number of nitrogens with two attached hydrogens (primary N) is 1. The summed E-state index contributed by atoms with van der Waals surface area (Å²) in [6.07, 6.45) is 1.52. The van der Waals surface area contributed by atoms with E-state index in [1.165, 1.54) is 13.3 Å². The van der Waals surface area contributed by atoms with Crippen molar-refractivity contribution in [2.75, 3.05) is 7.11 Å². The molecule has 0 unspecified atom stereocenters. The molecule has 4 nitrogen and oxygen atoms in total. The van der Waals surface area contributed by atoms with Gasteiger partial charge in [0.05, 0.1) is 7.11 Å². The second kappa shape index (κ2) is 5.80. The highest BCUT2D eigenvalue weighted by molar-refractivity contribution is 6.30. The first kappa shape index (κ1) is 13.2. The Morgan fingerprint density at radius 3 is 2.86 bits per heavy atom. The highest BCUT2D eigenvalue weighted by atomic mass is 35.5. The molecule has 14 heavy (non-hydrogen) atoms. The van der Waals surface area contributed by atoms with E-state index in [-0.39, 0.29) is 17.6 Å². The molecule has 1 atom stereocenters. The lowest BCUT2D eigenvalue weighted by Gasteiger charge is -2.09. The molecule has 1 heterocycles. The van der Waals surface area contributed by atoms with Gasteiger partial charge in [-0.05, 0) is 6.07 Å². The fourth-order valence-electron chi connectivity index (χ4n) is 0.884. The van der Waals surface area contributed by atoms with E-state index in [2.05, 4.69) is 9.72 Å². The fourth-order valence-corrected chi connectivity index (χ4v) is 1.12. The van der Waals surface area contributed by atoms with Crippen LogP contribution >= 0.6 is 24.0 Å². The van der Waals surface area contributed by atoms with Crippen LogP contribution in [0.25, 0.3) is 0 Å². The molecule has 2 N–H and O–H groups in total. The van der Waals surface area contributed by atoms with E-state index in [0.717, 1.165) is 0 Å². The zero-order valence-corrected chi connectivity index (χ0v) is 9.01. The zero-order chi connectivity index (χ0) is 9.84. The molecule has 0 bridgehead atoms. The molecule has 1 aromatic rings. The van der Waals surface area contributed by atoms with Crippen molar-refractivity contribution in [2.45, 2.75) is 6.04 Å². The van der Waals surface area contributed by atoms with Crippen LogP contribution < -0.4 is 5.73 Å². The summed E-state index contributed by atoms with van der Waals surface area (Å²) in [5, 5.41) is 0.223. The smallest absolute Gasteiger partial charge is 0.327 e. The van der Waals surface area contributed by atoms with Crippen LogP contribution in [0.15, 0.2) is 18.3 Å². The summed E-state index contributed by atoms with van der Waals surface area (Å²) < 4.78 is 4.47. The second-order valence-corrected chi connectivity index (χ2v) is 2.74. The molecule has 0 saturated heterocycles. The Morgan fingerprint density at radius 2 is 2.36 bits per heavy atom. The molecule has 78 valence electrons. The third kappa shape index (κ3) is 2.83. The van der Waals surface area contributed by atoms with E-state index in [1.807, 2.05) is 0 Å². The van der Waals surface area contributed by atoms with Crippen LogP contribution in [0.1, 0.15) is 11.6 Å². The van der Waals surface area contributed by atoms with Gasteiger partial charge in [0.1, 0.15) is 11.2 Å². The molecule has 0 aliphatic heterocycles. The third-order valence-corrected chi connectivity index (χ3v) is 1.89. The highest BCUT2D eigenvalue weighted by Crippen LogP contribution is 2.18. The normalized spacial score (nSPS) is 11.4. The monoisotopic (exact) mass is 236 g/mol. The quantitative estimate of drug-likeness (QED) is 0.622. The fraction of sp³-hybridized carbons (Fsp3) is 0.250. The van der Waals surface area contributed by atoms with Gasteiger partial charge in [0.15, 0.2) is 0 Å². The molecule has 6 heteroatoms. The minimum absolute atomic E-state index is 0. The predicted octanol–water partition coefficient (Wildman–Crippen LogP) is 1.33. The topological polar surface area (TPSA) is 65.2 Å². The van der Waals surface area contributed by atoms with Crippen molar-refractivity contribution in [1.29, 1.82) is 0 Å². The number of aromatic nitrogens is 1. The first-order chi connectivity index (χ1) is 6.16. The van der Waals surface area contributed by atoms with E-state index in [9.17, 15) is 4.79 Å². The number of rotatable bonds is 2. The number of carbonyl (C=O) groups is 1. The molecular formula is C8H10Cl2N2O2. The Morgan fingerprint density at radius 1 is 1.71 bits per heavy atom. The molecule has 0 fully saturated rings. The van der Waals surface area contributed by atoms with E-state index in [4.69, 9.17) is 17.3 Å². The first-order valence-corrected chi connectivity index (χ1v) is 3.98. The zero-order valence-electron chi connectivity index (χ0n) is 7.44. The molecule has 0 aliphatic carbocycles. The van der Waals surface area contributed by atoms with E-state index < -0.39 is 12.0 Å². The van der Waals surface area contributed by atoms with Gasteiger partial charge >= 0.3 is 5.97 Å². The molecule has 0 radical (unpaired) electrons. The van der Waals surface area contributed by atoms with E-state index in [1.54, 1.807) is 12.1 Å². The highest BCUT2D eigenvalue weighted by Gasteiger charge is 2.18. The molecule has 0 saturated carbocycles. The standard InChI is InChI=1S/C8H9ClN2O2.ClH/c1-13-8(12)6(10)5-3-2-4-11-7(5)9;/h2-4,6H,10H2,1H3;1H/t6-;/m1./s1. The SMILES string of the molecule is COC(=O)[C@H](N)c1cccnc1Cl.Cl. The lowest BCUT2D eigenvalue weighted by atomic mass is 10.1. The molecule has 1 aromatic heterocycles. The number of hydrogen-bond donors (Lipinski definition) is 1. The van der Waals surface area contributed by atoms with Gasteiger partial charge in [0.2, 0.25) is 0 Å². The Bertz CT molecular complexity index is 320. The maximum Gasteiger partial charge on any atom is 0.327 e. The number of esters is 1. The van der Waals surface area contributed by atoms with Gasteiger partial charge in [-0.3, -0.25) is 4.79 Å². The number of hydrogen-bond acceptors (Lipinski definition) is 4. The summed E-state index contributed by atoms with van der Waals surface area (Å²) in [5.41, 5.74) is 6.02. The lowest BCUT2D eigenvalue weighted by molar-refractivity contribution is -0.142.